The summed E-state index contributed by atoms with van der Waals surface area (Å²) in [7, 11) is -3.03. The van der Waals surface area contributed by atoms with Crippen LogP contribution in [0.25, 0.3) is 0 Å². The van der Waals surface area contributed by atoms with Crippen molar-refractivity contribution in [2.24, 2.45) is 0 Å². The Morgan fingerprint density at radius 1 is 1.50 bits per heavy atom. The lowest BCUT2D eigenvalue weighted by atomic mass is 10.1. The van der Waals surface area contributed by atoms with Gasteiger partial charge in [-0.1, -0.05) is 12.1 Å². The van der Waals surface area contributed by atoms with Crippen LogP contribution in [0.4, 0.5) is 10.1 Å². The van der Waals surface area contributed by atoms with Crippen molar-refractivity contribution in [3.05, 3.63) is 29.6 Å². The Labute approximate surface area is 106 Å². The van der Waals surface area contributed by atoms with E-state index >= 15 is 0 Å². The molecule has 6 heteroatoms. The number of para-hydroxylation sites is 1. The van der Waals surface area contributed by atoms with E-state index in [1.165, 1.54) is 12.1 Å². The summed E-state index contributed by atoms with van der Waals surface area (Å²) in [6.07, 6.45) is 0. The molecule has 1 unspecified atom stereocenters. The molecule has 2 rings (SSSR count). The molecule has 0 aromatic heterocycles. The van der Waals surface area contributed by atoms with Crippen LogP contribution in [0.15, 0.2) is 18.2 Å². The third-order valence-electron chi connectivity index (χ3n) is 3.20. The third-order valence-corrected chi connectivity index (χ3v) is 4.99. The minimum Gasteiger partial charge on any atom is -0.392 e. The fourth-order valence-electron chi connectivity index (χ4n) is 2.34. The van der Waals surface area contributed by atoms with Crippen molar-refractivity contribution in [2.45, 2.75) is 19.6 Å². The average molecular weight is 273 g/mol. The van der Waals surface area contributed by atoms with Crippen LogP contribution >= 0.6 is 0 Å². The quantitative estimate of drug-likeness (QED) is 0.871. The SMILES string of the molecule is CC1CS(=O)(=O)CCN1c1c(F)cccc1CO. The summed E-state index contributed by atoms with van der Waals surface area (Å²) >= 11 is 0. The van der Waals surface area contributed by atoms with Gasteiger partial charge >= 0.3 is 0 Å². The van der Waals surface area contributed by atoms with Crippen LogP contribution < -0.4 is 4.90 Å². The molecule has 4 nitrogen and oxygen atoms in total. The minimum absolute atomic E-state index is 0.0200. The molecule has 0 amide bonds. The molecule has 1 saturated heterocycles. The topological polar surface area (TPSA) is 57.6 Å². The van der Waals surface area contributed by atoms with Crippen LogP contribution in [0.1, 0.15) is 12.5 Å². The Balaban J connectivity index is 2.38. The second-order valence-corrected chi connectivity index (χ2v) is 6.79. The van der Waals surface area contributed by atoms with E-state index in [-0.39, 0.29) is 30.7 Å². The Morgan fingerprint density at radius 3 is 2.83 bits per heavy atom. The first-order valence-electron chi connectivity index (χ1n) is 5.80. The van der Waals surface area contributed by atoms with Crippen molar-refractivity contribution < 1.29 is 17.9 Å². The number of hydrogen-bond acceptors (Lipinski definition) is 4. The number of sulfone groups is 1. The van der Waals surface area contributed by atoms with Gasteiger partial charge in [-0.3, -0.25) is 0 Å². The monoisotopic (exact) mass is 273 g/mol. The summed E-state index contributed by atoms with van der Waals surface area (Å²) in [6.45, 7) is 1.75. The fraction of sp³-hybridized carbons (Fsp3) is 0.500. The molecule has 1 heterocycles. The molecule has 0 saturated carbocycles. The Kier molecular flexibility index (Phi) is 3.59. The highest BCUT2D eigenvalue weighted by Gasteiger charge is 2.30. The van der Waals surface area contributed by atoms with Crippen molar-refractivity contribution >= 4 is 15.5 Å². The van der Waals surface area contributed by atoms with Crippen LogP contribution in [0.5, 0.6) is 0 Å². The van der Waals surface area contributed by atoms with Gasteiger partial charge in [0, 0.05) is 18.2 Å². The first-order chi connectivity index (χ1) is 8.44. The maximum absolute atomic E-state index is 13.9. The van der Waals surface area contributed by atoms with Crippen LogP contribution in [0, 0.1) is 5.82 Å². The zero-order valence-corrected chi connectivity index (χ0v) is 11.0. The molecular formula is C12H16FNO3S. The van der Waals surface area contributed by atoms with Crippen LogP contribution in [-0.4, -0.2) is 37.6 Å². The first kappa shape index (κ1) is 13.3. The van der Waals surface area contributed by atoms with Gasteiger partial charge in [0.15, 0.2) is 9.84 Å². The lowest BCUT2D eigenvalue weighted by Crippen LogP contribution is -2.47. The second-order valence-electron chi connectivity index (χ2n) is 4.56. The third kappa shape index (κ3) is 2.49. The van der Waals surface area contributed by atoms with E-state index < -0.39 is 15.7 Å². The van der Waals surface area contributed by atoms with E-state index in [9.17, 15) is 17.9 Å². The summed E-state index contributed by atoms with van der Waals surface area (Å²) in [4.78, 5) is 1.72. The first-order valence-corrected chi connectivity index (χ1v) is 7.62. The molecule has 100 valence electrons. The number of benzene rings is 1. The highest BCUT2D eigenvalue weighted by atomic mass is 32.2. The van der Waals surface area contributed by atoms with Gasteiger partial charge in [-0.05, 0) is 13.0 Å². The van der Waals surface area contributed by atoms with E-state index in [0.29, 0.717) is 11.3 Å². The lowest BCUT2D eigenvalue weighted by Gasteiger charge is -2.36. The molecule has 1 atom stereocenters. The Hall–Kier alpha value is -1.14. The summed E-state index contributed by atoms with van der Waals surface area (Å²) in [5, 5.41) is 9.25. The smallest absolute Gasteiger partial charge is 0.154 e. The lowest BCUT2D eigenvalue weighted by molar-refractivity contribution is 0.281. The van der Waals surface area contributed by atoms with Crippen molar-refractivity contribution in [1.29, 1.82) is 0 Å². The van der Waals surface area contributed by atoms with Gasteiger partial charge in [0.1, 0.15) is 5.82 Å². The molecule has 18 heavy (non-hydrogen) atoms. The van der Waals surface area contributed by atoms with Crippen LogP contribution in [0.2, 0.25) is 0 Å². The molecule has 1 aliphatic heterocycles. The van der Waals surface area contributed by atoms with Gasteiger partial charge in [-0.2, -0.15) is 0 Å². The molecule has 1 fully saturated rings. The van der Waals surface area contributed by atoms with Crippen molar-refractivity contribution in [1.82, 2.24) is 0 Å². The van der Waals surface area contributed by atoms with E-state index in [0.717, 1.165) is 0 Å². The molecule has 1 aliphatic rings. The molecule has 0 spiro atoms. The second kappa shape index (κ2) is 4.85. The molecule has 0 bridgehead atoms. The van der Waals surface area contributed by atoms with E-state index in [1.807, 2.05) is 0 Å². The maximum atomic E-state index is 13.9. The zero-order chi connectivity index (χ0) is 13.3. The largest absolute Gasteiger partial charge is 0.392 e. The number of aliphatic hydroxyl groups is 1. The predicted octanol–water partition coefficient (Wildman–Crippen LogP) is 0.941. The number of rotatable bonds is 2. The standard InChI is InChI=1S/C12H16FNO3S/c1-9-8-18(16,17)6-5-14(9)12-10(7-15)3-2-4-11(12)13/h2-4,9,15H,5-8H2,1H3. The number of nitrogens with zero attached hydrogens (tertiary/aromatic N) is 1. The molecular weight excluding hydrogens is 257 g/mol. The highest BCUT2D eigenvalue weighted by molar-refractivity contribution is 7.91. The van der Waals surface area contributed by atoms with Gasteiger partial charge in [-0.15, -0.1) is 0 Å². The van der Waals surface area contributed by atoms with Gasteiger partial charge in [0.05, 0.1) is 23.8 Å². The highest BCUT2D eigenvalue weighted by Crippen LogP contribution is 2.28. The number of halogens is 1. The normalized spacial score (nSPS) is 23.1. The van der Waals surface area contributed by atoms with Crippen molar-refractivity contribution in [3.8, 4) is 0 Å². The Bertz CT molecular complexity index is 544. The molecule has 1 aromatic carbocycles. The zero-order valence-electron chi connectivity index (χ0n) is 10.1. The summed E-state index contributed by atoms with van der Waals surface area (Å²) < 4.78 is 36.9. The minimum atomic E-state index is -3.03. The van der Waals surface area contributed by atoms with E-state index in [1.54, 1.807) is 17.9 Å². The number of hydrogen-bond donors (Lipinski definition) is 1. The van der Waals surface area contributed by atoms with E-state index in [4.69, 9.17) is 0 Å². The summed E-state index contributed by atoms with van der Waals surface area (Å²) in [5.41, 5.74) is 0.809. The summed E-state index contributed by atoms with van der Waals surface area (Å²) in [5.74, 6) is -0.379. The molecule has 1 N–H and O–H groups in total. The van der Waals surface area contributed by atoms with Crippen molar-refractivity contribution in [3.63, 3.8) is 0 Å². The predicted molar refractivity (Wildman–Crippen MR) is 67.8 cm³/mol. The number of anilines is 1. The maximum Gasteiger partial charge on any atom is 0.154 e. The van der Waals surface area contributed by atoms with Gasteiger partial charge in [0.2, 0.25) is 0 Å². The number of aliphatic hydroxyl groups excluding tert-OH is 1. The van der Waals surface area contributed by atoms with Gasteiger partial charge in [0.25, 0.3) is 0 Å². The van der Waals surface area contributed by atoms with Crippen molar-refractivity contribution in [2.75, 3.05) is 23.0 Å². The molecule has 1 aromatic rings. The molecule has 0 radical (unpaired) electrons. The Morgan fingerprint density at radius 2 is 2.22 bits per heavy atom. The summed E-state index contributed by atoms with van der Waals surface area (Å²) in [6, 6.07) is 4.22. The van der Waals surface area contributed by atoms with Gasteiger partial charge < -0.3 is 10.0 Å². The van der Waals surface area contributed by atoms with Crippen LogP contribution in [0.3, 0.4) is 0 Å². The average Bonchev–Trinajstić information content (AvgIpc) is 2.29. The van der Waals surface area contributed by atoms with E-state index in [2.05, 4.69) is 0 Å². The fourth-order valence-corrected chi connectivity index (χ4v) is 3.90. The van der Waals surface area contributed by atoms with Gasteiger partial charge in [-0.25, -0.2) is 12.8 Å². The molecule has 0 aliphatic carbocycles. The van der Waals surface area contributed by atoms with Crippen LogP contribution in [-0.2, 0) is 16.4 Å².